The third-order valence-corrected chi connectivity index (χ3v) is 5.40. The second-order valence-electron chi connectivity index (χ2n) is 7.51. The van der Waals surface area contributed by atoms with Crippen LogP contribution in [0.1, 0.15) is 17.5 Å². The molecule has 6 nitrogen and oxygen atoms in total. The Morgan fingerprint density at radius 3 is 2.80 bits per heavy atom. The minimum Gasteiger partial charge on any atom is -0.454 e. The summed E-state index contributed by atoms with van der Waals surface area (Å²) in [6.45, 7) is 4.62. The van der Waals surface area contributed by atoms with Crippen LogP contribution in [0.3, 0.4) is 0 Å². The molecule has 1 atom stereocenters. The zero-order valence-corrected chi connectivity index (χ0v) is 19.7. The summed E-state index contributed by atoms with van der Waals surface area (Å²) in [6, 6.07) is 16.5. The summed E-state index contributed by atoms with van der Waals surface area (Å²) < 4.78 is 16.8. The van der Waals surface area contributed by atoms with Crippen molar-refractivity contribution in [2.24, 2.45) is 10.9 Å². The average Bonchev–Trinajstić information content (AvgIpc) is 3.41. The lowest BCUT2D eigenvalue weighted by Crippen LogP contribution is -2.41. The number of hydrogen-bond acceptors (Lipinski definition) is 4. The van der Waals surface area contributed by atoms with Gasteiger partial charge in [-0.3, -0.25) is 4.99 Å². The highest BCUT2D eigenvalue weighted by Crippen LogP contribution is 2.32. The Morgan fingerprint density at radius 1 is 1.13 bits per heavy atom. The second-order valence-corrected chi connectivity index (χ2v) is 7.51. The van der Waals surface area contributed by atoms with Gasteiger partial charge in [0.05, 0.1) is 13.2 Å². The van der Waals surface area contributed by atoms with Gasteiger partial charge in [0.25, 0.3) is 0 Å². The molecule has 1 fully saturated rings. The molecule has 0 aromatic heterocycles. The molecule has 1 saturated heterocycles. The van der Waals surface area contributed by atoms with Crippen molar-refractivity contribution in [1.29, 1.82) is 0 Å². The molecule has 1 N–H and O–H groups in total. The van der Waals surface area contributed by atoms with E-state index in [-0.39, 0.29) is 24.0 Å². The third-order valence-electron chi connectivity index (χ3n) is 5.40. The zero-order chi connectivity index (χ0) is 19.9. The maximum Gasteiger partial charge on any atom is 0.231 e. The number of halogens is 1. The Morgan fingerprint density at radius 2 is 1.97 bits per heavy atom. The zero-order valence-electron chi connectivity index (χ0n) is 17.4. The first-order valence-corrected chi connectivity index (χ1v) is 10.3. The summed E-state index contributed by atoms with van der Waals surface area (Å²) in [7, 11) is 1.85. The van der Waals surface area contributed by atoms with Crippen LogP contribution in [0.15, 0.2) is 53.5 Å². The van der Waals surface area contributed by atoms with Crippen LogP contribution in [0, 0.1) is 5.92 Å². The number of hydrogen-bond donors (Lipinski definition) is 1. The lowest BCUT2D eigenvalue weighted by molar-refractivity contribution is 0.0907. The number of guanidine groups is 1. The quantitative estimate of drug-likeness (QED) is 0.341. The molecule has 2 aromatic carbocycles. The van der Waals surface area contributed by atoms with Gasteiger partial charge in [0, 0.05) is 32.6 Å². The van der Waals surface area contributed by atoms with Gasteiger partial charge in [-0.15, -0.1) is 24.0 Å². The Kier molecular flexibility index (Phi) is 8.62. The van der Waals surface area contributed by atoms with E-state index in [2.05, 4.69) is 51.6 Å². The monoisotopic (exact) mass is 523 g/mol. The van der Waals surface area contributed by atoms with Crippen molar-refractivity contribution in [3.05, 3.63) is 59.7 Å². The van der Waals surface area contributed by atoms with Crippen molar-refractivity contribution >= 4 is 29.9 Å². The summed E-state index contributed by atoms with van der Waals surface area (Å²) in [5, 5.41) is 3.49. The van der Waals surface area contributed by atoms with E-state index in [4.69, 9.17) is 14.2 Å². The molecule has 162 valence electrons. The summed E-state index contributed by atoms with van der Waals surface area (Å²) >= 11 is 0. The molecule has 7 heteroatoms. The molecule has 0 spiro atoms. The predicted octanol–water partition coefficient (Wildman–Crippen LogP) is 3.69. The number of fused-ring (bicyclic) bond motifs is 1. The van der Waals surface area contributed by atoms with E-state index in [9.17, 15) is 0 Å². The first-order valence-electron chi connectivity index (χ1n) is 10.3. The molecule has 2 aromatic rings. The van der Waals surface area contributed by atoms with Gasteiger partial charge >= 0.3 is 0 Å². The molecule has 30 heavy (non-hydrogen) atoms. The summed E-state index contributed by atoms with van der Waals surface area (Å²) in [4.78, 5) is 6.80. The van der Waals surface area contributed by atoms with Crippen molar-refractivity contribution in [2.45, 2.75) is 19.4 Å². The highest BCUT2D eigenvalue weighted by atomic mass is 127. The molecular formula is C23H30IN3O3. The molecule has 2 heterocycles. The van der Waals surface area contributed by atoms with E-state index in [1.165, 1.54) is 11.1 Å². The highest BCUT2D eigenvalue weighted by molar-refractivity contribution is 14.0. The van der Waals surface area contributed by atoms with Crippen LogP contribution in [0.5, 0.6) is 11.5 Å². The van der Waals surface area contributed by atoms with E-state index in [1.807, 2.05) is 19.2 Å². The molecule has 0 aliphatic carbocycles. The third kappa shape index (κ3) is 6.01. The SMILES string of the molecule is CN=C(NCCc1ccc2c(c1)OCO2)N1CCC(COCc2ccccc2)C1.I. The first kappa shape index (κ1) is 22.7. The van der Waals surface area contributed by atoms with Crippen LogP contribution in [0.4, 0.5) is 0 Å². The van der Waals surface area contributed by atoms with Gasteiger partial charge in [-0.1, -0.05) is 36.4 Å². The number of nitrogens with one attached hydrogen (secondary N) is 1. The van der Waals surface area contributed by atoms with Crippen molar-refractivity contribution < 1.29 is 14.2 Å². The van der Waals surface area contributed by atoms with Gasteiger partial charge in [-0.2, -0.15) is 0 Å². The maximum atomic E-state index is 5.93. The number of nitrogens with zero attached hydrogens (tertiary/aromatic N) is 2. The molecule has 0 radical (unpaired) electrons. The van der Waals surface area contributed by atoms with Crippen LogP contribution in [0.2, 0.25) is 0 Å². The van der Waals surface area contributed by atoms with Gasteiger partial charge < -0.3 is 24.4 Å². The molecular weight excluding hydrogens is 493 g/mol. The Balaban J connectivity index is 0.00000256. The lowest BCUT2D eigenvalue weighted by Gasteiger charge is -2.22. The second kappa shape index (κ2) is 11.4. The molecule has 0 bridgehead atoms. The van der Waals surface area contributed by atoms with Gasteiger partial charge in [0.2, 0.25) is 6.79 Å². The van der Waals surface area contributed by atoms with Gasteiger partial charge in [0.15, 0.2) is 17.5 Å². The van der Waals surface area contributed by atoms with Gasteiger partial charge in [-0.25, -0.2) is 0 Å². The Bertz CT molecular complexity index is 832. The van der Waals surface area contributed by atoms with E-state index in [1.54, 1.807) is 0 Å². The predicted molar refractivity (Wildman–Crippen MR) is 129 cm³/mol. The standard InChI is InChI=1S/C23H29N3O3.HI/c1-24-23(25-11-9-18-7-8-21-22(13-18)29-17-28-21)26-12-10-20(14-26)16-27-15-19-5-3-2-4-6-19;/h2-8,13,20H,9-12,14-17H2,1H3,(H,24,25);1H. The minimum absolute atomic E-state index is 0. The van der Waals surface area contributed by atoms with E-state index >= 15 is 0 Å². The fraction of sp³-hybridized carbons (Fsp3) is 0.435. The number of rotatable bonds is 7. The summed E-state index contributed by atoms with van der Waals surface area (Å²) in [5.74, 6) is 3.18. The average molecular weight is 523 g/mol. The Labute approximate surface area is 195 Å². The van der Waals surface area contributed by atoms with Crippen LogP contribution in [0.25, 0.3) is 0 Å². The smallest absolute Gasteiger partial charge is 0.231 e. The van der Waals surface area contributed by atoms with Gasteiger partial charge in [-0.05, 0) is 36.1 Å². The van der Waals surface area contributed by atoms with Crippen LogP contribution in [-0.2, 0) is 17.8 Å². The topological polar surface area (TPSA) is 55.3 Å². The van der Waals surface area contributed by atoms with E-state index in [0.29, 0.717) is 19.3 Å². The number of aliphatic imine (C=N–C) groups is 1. The molecule has 4 rings (SSSR count). The van der Waals surface area contributed by atoms with E-state index in [0.717, 1.165) is 56.5 Å². The fourth-order valence-corrected chi connectivity index (χ4v) is 3.83. The Hall–Kier alpha value is -2.00. The van der Waals surface area contributed by atoms with Crippen molar-refractivity contribution in [3.63, 3.8) is 0 Å². The lowest BCUT2D eigenvalue weighted by atomic mass is 10.1. The van der Waals surface area contributed by atoms with Crippen molar-refractivity contribution in [2.75, 3.05) is 40.1 Å². The van der Waals surface area contributed by atoms with E-state index < -0.39 is 0 Å². The summed E-state index contributed by atoms with van der Waals surface area (Å²) in [6.07, 6.45) is 2.05. The normalized spacial score (nSPS) is 17.7. The maximum absolute atomic E-state index is 5.93. The molecule has 0 saturated carbocycles. The molecule has 0 amide bonds. The number of likely N-dealkylation sites (tertiary alicyclic amines) is 1. The largest absolute Gasteiger partial charge is 0.454 e. The van der Waals surface area contributed by atoms with Crippen LogP contribution >= 0.6 is 24.0 Å². The van der Waals surface area contributed by atoms with Gasteiger partial charge in [0.1, 0.15) is 0 Å². The van der Waals surface area contributed by atoms with Crippen LogP contribution < -0.4 is 14.8 Å². The van der Waals surface area contributed by atoms with Crippen molar-refractivity contribution in [3.8, 4) is 11.5 Å². The number of ether oxygens (including phenoxy) is 3. The molecule has 2 aliphatic rings. The minimum atomic E-state index is 0. The summed E-state index contributed by atoms with van der Waals surface area (Å²) in [5.41, 5.74) is 2.45. The first-order chi connectivity index (χ1) is 14.3. The van der Waals surface area contributed by atoms with Crippen molar-refractivity contribution in [1.82, 2.24) is 10.2 Å². The number of benzene rings is 2. The van der Waals surface area contributed by atoms with Crippen LogP contribution in [-0.4, -0.2) is 50.9 Å². The highest BCUT2D eigenvalue weighted by Gasteiger charge is 2.25. The molecule has 1 unspecified atom stereocenters. The molecule has 2 aliphatic heterocycles. The fourth-order valence-electron chi connectivity index (χ4n) is 3.83.